The van der Waals surface area contributed by atoms with Gasteiger partial charge in [0.05, 0.1) is 11.9 Å². The van der Waals surface area contributed by atoms with E-state index < -0.39 is 12.0 Å². The lowest BCUT2D eigenvalue weighted by molar-refractivity contribution is -0.827. The first-order valence-electron chi connectivity index (χ1n) is 3.40. The standard InChI is InChI=1S/C6H11N3O2/c1-4-3-7-8-9(4)5(2)6(10)11/h3,5,7-8H,1-2H3,(H,10,11)/p+1. The third kappa shape index (κ3) is 1.43. The first-order chi connectivity index (χ1) is 5.13. The fourth-order valence-corrected chi connectivity index (χ4v) is 0.951. The number of nitrogens with zero attached hydrogens (tertiary/aromatic N) is 1. The average Bonchev–Trinajstić information content (AvgIpc) is 2.33. The molecular weight excluding hydrogens is 146 g/mol. The maximum absolute atomic E-state index is 10.5. The maximum Gasteiger partial charge on any atom is 0.331 e. The molecule has 11 heavy (non-hydrogen) atoms. The van der Waals surface area contributed by atoms with Crippen molar-refractivity contribution in [1.29, 1.82) is 0 Å². The summed E-state index contributed by atoms with van der Waals surface area (Å²) in [6.45, 7) is 3.50. The van der Waals surface area contributed by atoms with Crippen molar-refractivity contribution in [1.82, 2.24) is 10.4 Å². The highest BCUT2D eigenvalue weighted by molar-refractivity contribution is 5.72. The number of carboxylic acid groups (broad SMARTS) is 1. The fraction of sp³-hybridized carbons (Fsp3) is 0.500. The van der Waals surface area contributed by atoms with Gasteiger partial charge in [-0.25, -0.2) is 10.2 Å². The Morgan fingerprint density at radius 2 is 2.55 bits per heavy atom. The first-order valence-corrected chi connectivity index (χ1v) is 3.40. The Morgan fingerprint density at radius 3 is 2.91 bits per heavy atom. The molecule has 0 saturated heterocycles. The molecule has 1 atom stereocenters. The van der Waals surface area contributed by atoms with Crippen molar-refractivity contribution >= 4 is 5.97 Å². The number of quaternary nitrogens is 1. The summed E-state index contributed by atoms with van der Waals surface area (Å²) >= 11 is 0. The molecule has 4 N–H and O–H groups in total. The number of carbonyl (C=O) groups is 1. The van der Waals surface area contributed by atoms with Gasteiger partial charge in [0.25, 0.3) is 0 Å². The Morgan fingerprint density at radius 1 is 1.91 bits per heavy atom. The molecule has 0 amide bonds. The summed E-state index contributed by atoms with van der Waals surface area (Å²) in [4.78, 5) is 10.5. The zero-order valence-corrected chi connectivity index (χ0v) is 6.53. The minimum Gasteiger partial charge on any atom is -0.480 e. The van der Waals surface area contributed by atoms with Crippen LogP contribution in [0.4, 0.5) is 0 Å². The van der Waals surface area contributed by atoms with E-state index >= 15 is 0 Å². The van der Waals surface area contributed by atoms with Crippen LogP contribution in [0.1, 0.15) is 13.8 Å². The predicted molar refractivity (Wildman–Crippen MR) is 37.8 cm³/mol. The van der Waals surface area contributed by atoms with Crippen molar-refractivity contribution in [3.05, 3.63) is 11.9 Å². The van der Waals surface area contributed by atoms with Crippen molar-refractivity contribution in [2.75, 3.05) is 0 Å². The Hall–Kier alpha value is -1.23. The van der Waals surface area contributed by atoms with E-state index in [-0.39, 0.29) is 0 Å². The van der Waals surface area contributed by atoms with E-state index in [2.05, 4.69) is 5.43 Å². The molecule has 1 aliphatic rings. The topological polar surface area (TPSA) is 69.2 Å². The van der Waals surface area contributed by atoms with Gasteiger partial charge in [0.15, 0.2) is 6.04 Å². The third-order valence-electron chi connectivity index (χ3n) is 1.69. The van der Waals surface area contributed by atoms with Gasteiger partial charge in [0, 0.05) is 0 Å². The molecule has 1 aliphatic heterocycles. The first kappa shape index (κ1) is 7.87. The molecule has 0 aromatic carbocycles. The highest BCUT2D eigenvalue weighted by Crippen LogP contribution is 2.02. The average molecular weight is 158 g/mol. The zero-order chi connectivity index (χ0) is 8.43. The van der Waals surface area contributed by atoms with E-state index in [9.17, 15) is 4.79 Å². The highest BCUT2D eigenvalue weighted by atomic mass is 16.4. The molecule has 1 heterocycles. The summed E-state index contributed by atoms with van der Waals surface area (Å²) < 4.78 is 0. The van der Waals surface area contributed by atoms with Crippen LogP contribution in [0.2, 0.25) is 0 Å². The summed E-state index contributed by atoms with van der Waals surface area (Å²) in [6.07, 6.45) is 1.76. The summed E-state index contributed by atoms with van der Waals surface area (Å²) in [6, 6.07) is -0.499. The van der Waals surface area contributed by atoms with Crippen molar-refractivity contribution in [2.24, 2.45) is 0 Å². The largest absolute Gasteiger partial charge is 0.480 e. The molecule has 0 saturated carbocycles. The molecule has 0 fully saturated rings. The number of hydrogen-bond acceptors (Lipinski definition) is 3. The Bertz CT molecular complexity index is 202. The number of nitrogens with two attached hydrogens (primary N) is 1. The minimum absolute atomic E-state index is 0.499. The second-order valence-electron chi connectivity index (χ2n) is 2.50. The SMILES string of the molecule is CC1=CN[NH2+]N1C(C)C(=O)O. The monoisotopic (exact) mass is 158 g/mol. The van der Waals surface area contributed by atoms with Crippen molar-refractivity contribution < 1.29 is 15.4 Å². The molecule has 0 bridgehead atoms. The van der Waals surface area contributed by atoms with Crippen LogP contribution in [0.15, 0.2) is 11.9 Å². The molecule has 1 unspecified atom stereocenters. The molecule has 62 valence electrons. The normalized spacial score (nSPS) is 19.1. The van der Waals surface area contributed by atoms with Gasteiger partial charge in [-0.2, -0.15) is 5.01 Å². The van der Waals surface area contributed by atoms with Crippen LogP contribution in [0, 0.1) is 0 Å². The number of hydrogen-bond donors (Lipinski definition) is 3. The zero-order valence-electron chi connectivity index (χ0n) is 6.53. The van der Waals surface area contributed by atoms with Gasteiger partial charge in [0.2, 0.25) is 0 Å². The second kappa shape index (κ2) is 2.79. The lowest BCUT2D eigenvalue weighted by Gasteiger charge is -2.18. The quantitative estimate of drug-likeness (QED) is 0.433. The molecule has 0 aromatic heterocycles. The van der Waals surface area contributed by atoms with E-state index in [0.717, 1.165) is 5.70 Å². The van der Waals surface area contributed by atoms with Gasteiger partial charge in [0.1, 0.15) is 0 Å². The van der Waals surface area contributed by atoms with E-state index in [1.807, 2.05) is 6.92 Å². The van der Waals surface area contributed by atoms with E-state index in [1.165, 1.54) is 0 Å². The summed E-state index contributed by atoms with van der Waals surface area (Å²) in [7, 11) is 0. The van der Waals surface area contributed by atoms with E-state index in [0.29, 0.717) is 0 Å². The number of carboxylic acids is 1. The smallest absolute Gasteiger partial charge is 0.331 e. The van der Waals surface area contributed by atoms with Crippen molar-refractivity contribution in [3.8, 4) is 0 Å². The predicted octanol–water partition coefficient (Wildman–Crippen LogP) is -1.38. The van der Waals surface area contributed by atoms with Crippen LogP contribution in [-0.2, 0) is 4.79 Å². The second-order valence-corrected chi connectivity index (χ2v) is 2.50. The van der Waals surface area contributed by atoms with Crippen molar-refractivity contribution in [2.45, 2.75) is 19.9 Å². The lowest BCUT2D eigenvalue weighted by atomic mass is 10.3. The molecule has 0 spiro atoms. The van der Waals surface area contributed by atoms with Gasteiger partial charge in [-0.15, -0.1) is 5.53 Å². The minimum atomic E-state index is -0.822. The number of rotatable bonds is 2. The van der Waals surface area contributed by atoms with Gasteiger partial charge in [-0.05, 0) is 13.8 Å². The Kier molecular flexibility index (Phi) is 2.00. The molecule has 0 aliphatic carbocycles. The molecule has 5 nitrogen and oxygen atoms in total. The van der Waals surface area contributed by atoms with Gasteiger partial charge in [-0.3, -0.25) is 0 Å². The van der Waals surface area contributed by atoms with Crippen LogP contribution in [0.25, 0.3) is 0 Å². The van der Waals surface area contributed by atoms with Gasteiger partial charge in [-0.1, -0.05) is 0 Å². The van der Waals surface area contributed by atoms with Gasteiger partial charge < -0.3 is 5.11 Å². The maximum atomic E-state index is 10.5. The molecule has 0 aromatic rings. The van der Waals surface area contributed by atoms with Crippen molar-refractivity contribution in [3.63, 3.8) is 0 Å². The van der Waals surface area contributed by atoms with E-state index in [4.69, 9.17) is 5.11 Å². The molecule has 1 rings (SSSR count). The lowest BCUT2D eigenvalue weighted by Crippen LogP contribution is -2.98. The summed E-state index contributed by atoms with van der Waals surface area (Å²) in [5.41, 5.74) is 5.40. The molecule has 0 radical (unpaired) electrons. The van der Waals surface area contributed by atoms with Crippen LogP contribution >= 0.6 is 0 Å². The Labute approximate surface area is 64.6 Å². The van der Waals surface area contributed by atoms with Gasteiger partial charge >= 0.3 is 5.97 Å². The summed E-state index contributed by atoms with van der Waals surface area (Å²) in [5.74, 6) is -0.822. The fourth-order valence-electron chi connectivity index (χ4n) is 0.951. The highest BCUT2D eigenvalue weighted by Gasteiger charge is 2.26. The van der Waals surface area contributed by atoms with Crippen LogP contribution < -0.4 is 11.0 Å². The van der Waals surface area contributed by atoms with Crippen LogP contribution in [0.5, 0.6) is 0 Å². The molecular formula is C6H12N3O2+. The Balaban J connectivity index is 2.61. The van der Waals surface area contributed by atoms with E-state index in [1.54, 1.807) is 23.7 Å². The third-order valence-corrected chi connectivity index (χ3v) is 1.69. The molecule has 5 heteroatoms. The summed E-state index contributed by atoms with van der Waals surface area (Å²) in [5, 5.41) is 10.3. The van der Waals surface area contributed by atoms with Crippen LogP contribution in [-0.4, -0.2) is 22.1 Å². The van der Waals surface area contributed by atoms with Crippen LogP contribution in [0.3, 0.4) is 0 Å². The number of aliphatic carboxylic acids is 1. The number of allylic oxidation sites excluding steroid dienone is 1. The number of nitrogens with one attached hydrogen (secondary N) is 1.